The minimum absolute atomic E-state index is 0.966. The van der Waals surface area contributed by atoms with Crippen LogP contribution in [0, 0.1) is 0 Å². The van der Waals surface area contributed by atoms with Crippen molar-refractivity contribution in [1.29, 1.82) is 0 Å². The van der Waals surface area contributed by atoms with Crippen molar-refractivity contribution in [2.75, 3.05) is 0 Å². The summed E-state index contributed by atoms with van der Waals surface area (Å²) in [6.07, 6.45) is 2.17. The van der Waals surface area contributed by atoms with Gasteiger partial charge >= 0.3 is 0 Å². The zero-order chi connectivity index (χ0) is 16.4. The molecule has 1 heterocycles. The summed E-state index contributed by atoms with van der Waals surface area (Å²) in [6, 6.07) is 29.0. The molecule has 24 heavy (non-hydrogen) atoms. The summed E-state index contributed by atoms with van der Waals surface area (Å²) >= 11 is 0. The van der Waals surface area contributed by atoms with E-state index < -0.39 is 0 Å². The van der Waals surface area contributed by atoms with Crippen molar-refractivity contribution in [3.63, 3.8) is 0 Å². The largest absolute Gasteiger partial charge is 0.350 e. The first-order valence-electron chi connectivity index (χ1n) is 8.06. The molecule has 4 aromatic rings. The quantitative estimate of drug-likeness (QED) is 0.491. The highest BCUT2D eigenvalue weighted by Gasteiger charge is 2.07. The second-order valence-corrected chi connectivity index (χ2v) is 5.83. The van der Waals surface area contributed by atoms with Gasteiger partial charge in [-0.25, -0.2) is 4.99 Å². The van der Waals surface area contributed by atoms with Gasteiger partial charge in [-0.3, -0.25) is 0 Å². The Kier molecular flexibility index (Phi) is 3.72. The molecular weight excluding hydrogens is 292 g/mol. The molecular formula is C22H18N2. The summed E-state index contributed by atoms with van der Waals surface area (Å²) in [4.78, 5) is 4.97. The van der Waals surface area contributed by atoms with E-state index in [0.717, 1.165) is 22.0 Å². The normalized spacial score (nSPS) is 11.8. The van der Waals surface area contributed by atoms with Crippen LogP contribution in [0.15, 0.2) is 96.1 Å². The third-order valence-corrected chi connectivity index (χ3v) is 4.20. The van der Waals surface area contributed by atoms with Crippen molar-refractivity contribution >= 4 is 16.6 Å². The maximum absolute atomic E-state index is 4.97. The molecule has 116 valence electrons. The Balaban J connectivity index is 2.12. The van der Waals surface area contributed by atoms with Crippen LogP contribution in [0.2, 0.25) is 0 Å². The van der Waals surface area contributed by atoms with Crippen molar-refractivity contribution < 1.29 is 0 Å². The monoisotopic (exact) mass is 310 g/mol. The first-order valence-corrected chi connectivity index (χ1v) is 8.06. The van der Waals surface area contributed by atoms with E-state index in [1.54, 1.807) is 0 Å². The highest BCUT2D eigenvalue weighted by atomic mass is 14.9. The van der Waals surface area contributed by atoms with Crippen LogP contribution in [0.3, 0.4) is 0 Å². The third-order valence-electron chi connectivity index (χ3n) is 4.20. The number of aromatic nitrogens is 1. The van der Waals surface area contributed by atoms with E-state index >= 15 is 0 Å². The van der Waals surface area contributed by atoms with Gasteiger partial charge in [0.05, 0.1) is 11.0 Å². The van der Waals surface area contributed by atoms with Gasteiger partial charge < -0.3 is 4.57 Å². The zero-order valence-corrected chi connectivity index (χ0v) is 13.6. The van der Waals surface area contributed by atoms with Crippen molar-refractivity contribution in [3.05, 3.63) is 96.5 Å². The molecule has 0 saturated carbocycles. The molecule has 0 aliphatic rings. The van der Waals surface area contributed by atoms with Crippen LogP contribution in [-0.2, 0) is 7.05 Å². The summed E-state index contributed by atoms with van der Waals surface area (Å²) < 4.78 is 2.17. The van der Waals surface area contributed by atoms with E-state index in [-0.39, 0.29) is 0 Å². The lowest BCUT2D eigenvalue weighted by Gasteiger charge is -2.11. The lowest BCUT2D eigenvalue weighted by atomic mass is 10.0. The molecule has 3 aromatic carbocycles. The molecule has 0 saturated heterocycles. The number of hydrogen-bond acceptors (Lipinski definition) is 1. The summed E-state index contributed by atoms with van der Waals surface area (Å²) in [5.41, 5.74) is 4.45. The molecule has 0 bridgehead atoms. The first-order chi connectivity index (χ1) is 11.8. The van der Waals surface area contributed by atoms with Crippen LogP contribution >= 0.6 is 0 Å². The van der Waals surface area contributed by atoms with Gasteiger partial charge in [-0.2, -0.15) is 0 Å². The highest BCUT2D eigenvalue weighted by molar-refractivity contribution is 5.84. The lowest BCUT2D eigenvalue weighted by Crippen LogP contribution is -2.11. The summed E-state index contributed by atoms with van der Waals surface area (Å²) in [7, 11) is 2.08. The fourth-order valence-electron chi connectivity index (χ4n) is 3.03. The van der Waals surface area contributed by atoms with Gasteiger partial charge in [0.2, 0.25) is 0 Å². The van der Waals surface area contributed by atoms with Crippen molar-refractivity contribution in [2.24, 2.45) is 12.0 Å². The Morgan fingerprint density at radius 3 is 2.08 bits per heavy atom. The van der Waals surface area contributed by atoms with E-state index in [1.807, 2.05) is 36.4 Å². The molecule has 2 heteroatoms. The average Bonchev–Trinajstić information content (AvgIpc) is 2.65. The number of benzene rings is 3. The number of pyridine rings is 1. The predicted octanol–water partition coefficient (Wildman–Crippen LogP) is 5.08. The number of fused-ring (bicyclic) bond motifs is 1. The number of para-hydroxylation sites is 2. The third kappa shape index (κ3) is 2.63. The van der Waals surface area contributed by atoms with Gasteiger partial charge in [-0.05, 0) is 23.8 Å². The highest BCUT2D eigenvalue weighted by Crippen LogP contribution is 2.21. The van der Waals surface area contributed by atoms with E-state index in [9.17, 15) is 0 Å². The molecule has 0 atom stereocenters. The summed E-state index contributed by atoms with van der Waals surface area (Å²) in [5.74, 6) is 0. The molecule has 0 aliphatic heterocycles. The number of aryl methyl sites for hydroxylation is 1. The van der Waals surface area contributed by atoms with Crippen LogP contribution in [0.5, 0.6) is 0 Å². The molecule has 2 nitrogen and oxygen atoms in total. The molecule has 0 spiro atoms. The van der Waals surface area contributed by atoms with Crippen LogP contribution in [0.25, 0.3) is 22.0 Å². The number of hydrogen-bond donors (Lipinski definition) is 0. The average molecular weight is 310 g/mol. The summed E-state index contributed by atoms with van der Waals surface area (Å²) in [5, 5.41) is 2.17. The van der Waals surface area contributed by atoms with Crippen LogP contribution < -0.4 is 5.36 Å². The summed E-state index contributed by atoms with van der Waals surface area (Å²) in [6.45, 7) is 0. The minimum Gasteiger partial charge on any atom is -0.350 e. The Hall–Kier alpha value is -3.13. The molecule has 0 amide bonds. The fraction of sp³-hybridized carbons (Fsp3) is 0.0455. The van der Waals surface area contributed by atoms with Crippen molar-refractivity contribution in [3.8, 4) is 11.1 Å². The van der Waals surface area contributed by atoms with Crippen LogP contribution in [-0.4, -0.2) is 4.57 Å². The van der Waals surface area contributed by atoms with Gasteiger partial charge in [-0.15, -0.1) is 0 Å². The number of nitrogens with zero attached hydrogens (tertiary/aromatic N) is 2. The number of rotatable bonds is 2. The molecule has 0 aliphatic carbocycles. The SMILES string of the molecule is Cn1cc(-c2ccccc2)c(=Nc2ccccc2)c2ccccc21. The Bertz CT molecular complexity index is 1050. The smallest absolute Gasteiger partial charge is 0.0823 e. The fourth-order valence-corrected chi connectivity index (χ4v) is 3.03. The second-order valence-electron chi connectivity index (χ2n) is 5.83. The molecule has 0 fully saturated rings. The van der Waals surface area contributed by atoms with Gasteiger partial charge in [0.1, 0.15) is 0 Å². The van der Waals surface area contributed by atoms with E-state index in [0.29, 0.717) is 0 Å². The topological polar surface area (TPSA) is 17.3 Å². The van der Waals surface area contributed by atoms with E-state index in [1.165, 1.54) is 11.1 Å². The van der Waals surface area contributed by atoms with Crippen molar-refractivity contribution in [2.45, 2.75) is 0 Å². The van der Waals surface area contributed by atoms with Gasteiger partial charge in [-0.1, -0.05) is 66.7 Å². The van der Waals surface area contributed by atoms with Crippen LogP contribution in [0.4, 0.5) is 5.69 Å². The maximum atomic E-state index is 4.97. The van der Waals surface area contributed by atoms with Crippen molar-refractivity contribution in [1.82, 2.24) is 4.57 Å². The lowest BCUT2D eigenvalue weighted by molar-refractivity contribution is 0.950. The Morgan fingerprint density at radius 1 is 0.708 bits per heavy atom. The van der Waals surface area contributed by atoms with Gasteiger partial charge in [0.25, 0.3) is 0 Å². The Morgan fingerprint density at radius 2 is 1.33 bits per heavy atom. The second kappa shape index (κ2) is 6.17. The molecule has 0 N–H and O–H groups in total. The first kappa shape index (κ1) is 14.5. The van der Waals surface area contributed by atoms with Gasteiger partial charge in [0.15, 0.2) is 0 Å². The van der Waals surface area contributed by atoms with E-state index in [4.69, 9.17) is 4.99 Å². The minimum atomic E-state index is 0.966. The predicted molar refractivity (Wildman–Crippen MR) is 100 cm³/mol. The maximum Gasteiger partial charge on any atom is 0.0823 e. The molecule has 0 unspecified atom stereocenters. The molecule has 0 radical (unpaired) electrons. The standard InChI is InChI=1S/C22H18N2/c1-24-16-20(17-10-4-2-5-11-17)22(19-14-8-9-15-21(19)24)23-18-12-6-3-7-13-18/h2-16H,1H3. The van der Waals surface area contributed by atoms with Gasteiger partial charge in [0, 0.05) is 29.7 Å². The molecule has 1 aromatic heterocycles. The van der Waals surface area contributed by atoms with E-state index in [2.05, 4.69) is 66.3 Å². The molecule has 4 rings (SSSR count). The van der Waals surface area contributed by atoms with Crippen LogP contribution in [0.1, 0.15) is 0 Å². The zero-order valence-electron chi connectivity index (χ0n) is 13.6. The Labute approximate surface area is 141 Å².